The van der Waals surface area contributed by atoms with Crippen molar-refractivity contribution in [1.29, 1.82) is 5.26 Å². The zero-order chi connectivity index (χ0) is 30.0. The van der Waals surface area contributed by atoms with Gasteiger partial charge in [-0.15, -0.1) is 6.42 Å². The van der Waals surface area contributed by atoms with Gasteiger partial charge in [0.25, 0.3) is 5.56 Å². The van der Waals surface area contributed by atoms with Gasteiger partial charge in [0.05, 0.1) is 16.9 Å². The second-order valence-corrected chi connectivity index (χ2v) is 12.8. The monoisotopic (exact) mass is 586 g/mol. The molecular formula is C35H34N6O3. The van der Waals surface area contributed by atoms with Gasteiger partial charge in [-0.25, -0.2) is 4.98 Å². The van der Waals surface area contributed by atoms with Crippen LogP contribution in [0.3, 0.4) is 0 Å². The van der Waals surface area contributed by atoms with Gasteiger partial charge in [-0.3, -0.25) is 14.3 Å². The smallest absolute Gasteiger partial charge is 0.281 e. The molecule has 2 bridgehead atoms. The molecule has 0 aliphatic carbocycles. The van der Waals surface area contributed by atoms with E-state index in [2.05, 4.69) is 27.1 Å². The van der Waals surface area contributed by atoms with Crippen molar-refractivity contribution in [2.24, 2.45) is 0 Å². The second-order valence-electron chi connectivity index (χ2n) is 12.8. The normalized spacial score (nSPS) is 22.3. The van der Waals surface area contributed by atoms with Crippen molar-refractivity contribution in [2.75, 3.05) is 37.7 Å². The predicted molar refractivity (Wildman–Crippen MR) is 170 cm³/mol. The van der Waals surface area contributed by atoms with E-state index in [1.807, 2.05) is 24.3 Å². The number of ether oxygens (including phenoxy) is 1. The summed E-state index contributed by atoms with van der Waals surface area (Å²) in [6, 6.07) is 13.7. The van der Waals surface area contributed by atoms with Crippen LogP contribution in [0.5, 0.6) is 11.6 Å². The van der Waals surface area contributed by atoms with Crippen LogP contribution < -0.4 is 20.5 Å². The highest BCUT2D eigenvalue weighted by molar-refractivity contribution is 5.98. The van der Waals surface area contributed by atoms with Crippen LogP contribution in [-0.4, -0.2) is 70.0 Å². The molecule has 4 fully saturated rings. The Balaban J connectivity index is 1.33. The number of rotatable bonds is 5. The number of piperazine rings is 1. The first-order valence-electron chi connectivity index (χ1n) is 15.6. The molecule has 4 aromatic rings. The zero-order valence-electron chi connectivity index (χ0n) is 24.6. The molecule has 4 aliphatic heterocycles. The predicted octanol–water partition coefficient (Wildman–Crippen LogP) is 4.05. The van der Waals surface area contributed by atoms with Gasteiger partial charge in [0.1, 0.15) is 29.5 Å². The molecule has 0 spiro atoms. The maximum atomic E-state index is 14.4. The summed E-state index contributed by atoms with van der Waals surface area (Å²) in [6.07, 6.45) is 14.1. The van der Waals surface area contributed by atoms with Crippen molar-refractivity contribution in [2.45, 2.75) is 56.1 Å². The summed E-state index contributed by atoms with van der Waals surface area (Å²) in [4.78, 5) is 24.0. The fraction of sp³-hybridized carbons (Fsp3) is 0.400. The van der Waals surface area contributed by atoms with E-state index < -0.39 is 0 Å². The largest absolute Gasteiger partial charge is 0.508 e. The molecule has 6 heterocycles. The van der Waals surface area contributed by atoms with E-state index in [0.717, 1.165) is 70.1 Å². The number of nitrogens with one attached hydrogen (secondary N) is 1. The van der Waals surface area contributed by atoms with Crippen LogP contribution in [0.25, 0.3) is 27.4 Å². The first-order chi connectivity index (χ1) is 21.5. The first-order valence-corrected chi connectivity index (χ1v) is 15.6. The summed E-state index contributed by atoms with van der Waals surface area (Å²) < 4.78 is 8.01. The SMILES string of the molecule is C#Cc1cccc2cc(O)cc(-n3ccc4c(N5CC6CCC(C5)N6)c(C#N)c(OCC56CCCN5CCC6)nc4c3=O)c12. The molecule has 9 nitrogen and oxygen atoms in total. The Labute approximate surface area is 255 Å². The van der Waals surface area contributed by atoms with Crippen LogP contribution in [0.15, 0.2) is 47.4 Å². The number of nitriles is 1. The van der Waals surface area contributed by atoms with Crippen molar-refractivity contribution in [3.05, 3.63) is 64.1 Å². The molecule has 8 rings (SSSR count). The van der Waals surface area contributed by atoms with Crippen LogP contribution in [0.1, 0.15) is 49.7 Å². The average molecular weight is 587 g/mol. The number of fused-ring (bicyclic) bond motifs is 5. The molecule has 2 N–H and O–H groups in total. The van der Waals surface area contributed by atoms with Gasteiger partial charge in [0.15, 0.2) is 0 Å². The van der Waals surface area contributed by atoms with Gasteiger partial charge in [-0.05, 0) is 75.2 Å². The van der Waals surface area contributed by atoms with Crippen molar-refractivity contribution in [3.63, 3.8) is 0 Å². The fourth-order valence-corrected chi connectivity index (χ4v) is 8.28. The number of nitrogens with zero attached hydrogens (tertiary/aromatic N) is 5. The summed E-state index contributed by atoms with van der Waals surface area (Å²) in [6.45, 7) is 4.06. The van der Waals surface area contributed by atoms with Gasteiger partial charge in [-0.1, -0.05) is 18.1 Å². The lowest BCUT2D eigenvalue weighted by Crippen LogP contribution is -2.51. The Kier molecular flexibility index (Phi) is 6.30. The van der Waals surface area contributed by atoms with Crippen LogP contribution in [0, 0.1) is 23.7 Å². The van der Waals surface area contributed by atoms with Gasteiger partial charge in [-0.2, -0.15) is 5.26 Å². The second kappa shape index (κ2) is 10.3. The van der Waals surface area contributed by atoms with Gasteiger partial charge < -0.3 is 20.1 Å². The van der Waals surface area contributed by atoms with Gasteiger partial charge >= 0.3 is 0 Å². The molecule has 2 atom stereocenters. The van der Waals surface area contributed by atoms with E-state index in [1.165, 1.54) is 4.57 Å². The number of aromatic hydroxyl groups is 1. The van der Waals surface area contributed by atoms with Crippen molar-refractivity contribution in [1.82, 2.24) is 19.8 Å². The minimum Gasteiger partial charge on any atom is -0.508 e. The minimum atomic E-state index is -0.364. The maximum absolute atomic E-state index is 14.4. The number of pyridine rings is 2. The number of hydrogen-bond donors (Lipinski definition) is 2. The number of aromatic nitrogens is 2. The molecule has 0 radical (unpaired) electrons. The molecular weight excluding hydrogens is 552 g/mol. The molecule has 222 valence electrons. The number of phenolic OH excluding ortho intramolecular Hbond substituents is 1. The molecule has 2 aromatic carbocycles. The summed E-state index contributed by atoms with van der Waals surface area (Å²) in [7, 11) is 0. The van der Waals surface area contributed by atoms with Gasteiger partial charge in [0.2, 0.25) is 5.88 Å². The van der Waals surface area contributed by atoms with E-state index in [4.69, 9.17) is 16.1 Å². The third-order valence-electron chi connectivity index (χ3n) is 10.3. The highest BCUT2D eigenvalue weighted by Crippen LogP contribution is 2.41. The first kappa shape index (κ1) is 27.0. The lowest BCUT2D eigenvalue weighted by atomic mass is 9.95. The van der Waals surface area contributed by atoms with Crippen LogP contribution in [0.4, 0.5) is 5.69 Å². The topological polar surface area (TPSA) is 107 Å². The van der Waals surface area contributed by atoms with E-state index >= 15 is 0 Å². The molecule has 44 heavy (non-hydrogen) atoms. The molecule has 4 saturated heterocycles. The van der Waals surface area contributed by atoms with Crippen molar-refractivity contribution >= 4 is 27.4 Å². The van der Waals surface area contributed by atoms with Gasteiger partial charge in [0, 0.05) is 53.8 Å². The molecule has 4 aliphatic rings. The lowest BCUT2D eigenvalue weighted by molar-refractivity contribution is 0.111. The molecule has 0 amide bonds. The summed E-state index contributed by atoms with van der Waals surface area (Å²) in [5.41, 5.74) is 2.01. The summed E-state index contributed by atoms with van der Waals surface area (Å²) >= 11 is 0. The number of phenols is 1. The molecule has 0 saturated carbocycles. The quantitative estimate of drug-likeness (QED) is 0.338. The highest BCUT2D eigenvalue weighted by Gasteiger charge is 2.45. The Hall–Kier alpha value is -4.57. The van der Waals surface area contributed by atoms with E-state index in [-0.39, 0.29) is 28.2 Å². The Bertz CT molecular complexity index is 1950. The minimum absolute atomic E-state index is 0.0272. The van der Waals surface area contributed by atoms with Crippen molar-refractivity contribution < 1.29 is 9.84 Å². The number of anilines is 1. The van der Waals surface area contributed by atoms with E-state index in [1.54, 1.807) is 18.3 Å². The van der Waals surface area contributed by atoms with Crippen LogP contribution in [0.2, 0.25) is 0 Å². The summed E-state index contributed by atoms with van der Waals surface area (Å²) in [5, 5.41) is 26.9. The summed E-state index contributed by atoms with van der Waals surface area (Å²) in [5.74, 6) is 2.97. The zero-order valence-corrected chi connectivity index (χ0v) is 24.6. The molecule has 2 aromatic heterocycles. The average Bonchev–Trinajstić information content (AvgIpc) is 3.72. The number of terminal acetylenes is 1. The number of hydrogen-bond acceptors (Lipinski definition) is 8. The number of benzene rings is 2. The Morgan fingerprint density at radius 3 is 2.64 bits per heavy atom. The fourth-order valence-electron chi connectivity index (χ4n) is 8.28. The Morgan fingerprint density at radius 1 is 1.14 bits per heavy atom. The Morgan fingerprint density at radius 2 is 1.91 bits per heavy atom. The van der Waals surface area contributed by atoms with Crippen LogP contribution >= 0.6 is 0 Å². The van der Waals surface area contributed by atoms with E-state index in [9.17, 15) is 15.2 Å². The molecule has 2 unspecified atom stereocenters. The van der Waals surface area contributed by atoms with Crippen molar-refractivity contribution in [3.8, 4) is 35.7 Å². The van der Waals surface area contributed by atoms with Crippen LogP contribution in [-0.2, 0) is 0 Å². The standard InChI is InChI=1S/C35H34N6O3/c1-2-22-6-3-7-23-16-26(42)17-29(30(22)23)41-15-10-27-31(34(41)43)38-33(44-21-35-11-4-13-40(35)14-5-12-35)28(18-36)32(27)39-19-24-8-9-25(20-39)37-24/h1,3,6-7,10,15-17,24-25,37,42H,4-5,8-9,11-14,19-21H2. The third kappa shape index (κ3) is 4.15. The lowest BCUT2D eigenvalue weighted by Gasteiger charge is -2.36. The molecule has 9 heteroatoms. The highest BCUT2D eigenvalue weighted by atomic mass is 16.5. The van der Waals surface area contributed by atoms with E-state index in [0.29, 0.717) is 52.0 Å². The maximum Gasteiger partial charge on any atom is 0.281 e. The third-order valence-corrected chi connectivity index (χ3v) is 10.3.